The summed E-state index contributed by atoms with van der Waals surface area (Å²) < 4.78 is 9.07. The van der Waals surface area contributed by atoms with Crippen LogP contribution < -0.4 is 4.90 Å². The molecule has 3 heteroatoms. The van der Waals surface area contributed by atoms with Gasteiger partial charge in [0.25, 0.3) is 0 Å². The van der Waals surface area contributed by atoms with Crippen molar-refractivity contribution in [1.29, 1.82) is 0 Å². The Morgan fingerprint density at radius 2 is 0.754 bits per heavy atom. The van der Waals surface area contributed by atoms with Gasteiger partial charge in [0.15, 0.2) is 5.58 Å². The van der Waals surface area contributed by atoms with Crippen molar-refractivity contribution >= 4 is 60.8 Å². The third-order valence-corrected chi connectivity index (χ3v) is 13.7. The molecule has 0 bridgehead atoms. The Morgan fingerprint density at radius 3 is 1.41 bits per heavy atom. The maximum atomic E-state index is 6.71. The minimum Gasteiger partial charge on any atom is -0.454 e. The molecule has 13 aromatic rings. The van der Waals surface area contributed by atoms with Crippen molar-refractivity contribution in [2.75, 3.05) is 4.90 Å². The molecule has 2 aromatic heterocycles. The summed E-state index contributed by atoms with van der Waals surface area (Å²) in [6, 6.07) is 95.9. The lowest BCUT2D eigenvalue weighted by Crippen LogP contribution is -2.10. The fourth-order valence-electron chi connectivity index (χ4n) is 10.4. The highest BCUT2D eigenvalue weighted by atomic mass is 16.3. The van der Waals surface area contributed by atoms with Crippen LogP contribution >= 0.6 is 0 Å². The Labute approximate surface area is 401 Å². The van der Waals surface area contributed by atoms with Crippen molar-refractivity contribution in [1.82, 2.24) is 4.57 Å². The van der Waals surface area contributed by atoms with Gasteiger partial charge in [-0.05, 0) is 122 Å². The molecule has 3 nitrogen and oxygen atoms in total. The fraction of sp³-hybridized carbons (Fsp3) is 0. The van der Waals surface area contributed by atoms with Gasteiger partial charge >= 0.3 is 0 Å². The van der Waals surface area contributed by atoms with Crippen LogP contribution in [0.4, 0.5) is 17.1 Å². The zero-order chi connectivity index (χ0) is 45.7. The second kappa shape index (κ2) is 16.9. The third-order valence-electron chi connectivity index (χ3n) is 13.7. The van der Waals surface area contributed by atoms with Crippen molar-refractivity contribution in [3.05, 3.63) is 267 Å². The molecule has 0 amide bonds. The van der Waals surface area contributed by atoms with Crippen LogP contribution in [0.25, 0.3) is 105 Å². The van der Waals surface area contributed by atoms with Gasteiger partial charge in [-0.25, -0.2) is 0 Å². The van der Waals surface area contributed by atoms with E-state index in [0.717, 1.165) is 55.8 Å². The second-order valence-electron chi connectivity index (χ2n) is 17.6. The first-order chi connectivity index (χ1) is 34.2. The van der Waals surface area contributed by atoms with E-state index in [2.05, 4.69) is 270 Å². The number of benzene rings is 11. The van der Waals surface area contributed by atoms with Gasteiger partial charge in [0, 0.05) is 38.6 Å². The Morgan fingerprint density at radius 1 is 0.290 bits per heavy atom. The first kappa shape index (κ1) is 40.1. The molecule has 0 spiro atoms. The minimum atomic E-state index is 0.852. The quantitative estimate of drug-likeness (QED) is 0.144. The maximum absolute atomic E-state index is 6.71. The first-order valence-corrected chi connectivity index (χ1v) is 23.6. The van der Waals surface area contributed by atoms with Gasteiger partial charge in [-0.1, -0.05) is 200 Å². The van der Waals surface area contributed by atoms with Crippen molar-refractivity contribution in [3.63, 3.8) is 0 Å². The summed E-state index contributed by atoms with van der Waals surface area (Å²) in [7, 11) is 0. The van der Waals surface area contributed by atoms with Gasteiger partial charge in [0.1, 0.15) is 5.58 Å². The average Bonchev–Trinajstić information content (AvgIpc) is 3.98. The number of nitrogens with zero attached hydrogens (tertiary/aromatic N) is 2. The molecule has 69 heavy (non-hydrogen) atoms. The summed E-state index contributed by atoms with van der Waals surface area (Å²) in [6.07, 6.45) is 0. The molecule has 0 aliphatic rings. The fourth-order valence-corrected chi connectivity index (χ4v) is 10.4. The van der Waals surface area contributed by atoms with Crippen LogP contribution in [-0.4, -0.2) is 4.57 Å². The number of anilines is 3. The predicted molar refractivity (Wildman–Crippen MR) is 290 cm³/mol. The van der Waals surface area contributed by atoms with Crippen molar-refractivity contribution in [2.24, 2.45) is 0 Å². The van der Waals surface area contributed by atoms with Crippen molar-refractivity contribution in [3.8, 4) is 61.3 Å². The van der Waals surface area contributed by atoms with Crippen LogP contribution in [-0.2, 0) is 0 Å². The van der Waals surface area contributed by atoms with E-state index in [1.165, 1.54) is 66.3 Å². The molecule has 0 unspecified atom stereocenters. The number of para-hydroxylation sites is 4. The van der Waals surface area contributed by atoms with Gasteiger partial charge in [-0.2, -0.15) is 0 Å². The van der Waals surface area contributed by atoms with E-state index in [-0.39, 0.29) is 0 Å². The summed E-state index contributed by atoms with van der Waals surface area (Å²) in [5.41, 5.74) is 20.2. The number of rotatable bonds is 9. The summed E-state index contributed by atoms with van der Waals surface area (Å²) in [6.45, 7) is 0. The zero-order valence-electron chi connectivity index (χ0n) is 37.7. The molecule has 324 valence electrons. The molecule has 2 heterocycles. The van der Waals surface area contributed by atoms with Gasteiger partial charge in [-0.15, -0.1) is 0 Å². The number of fused-ring (bicyclic) bond motifs is 6. The second-order valence-corrected chi connectivity index (χ2v) is 17.6. The number of furan rings is 1. The van der Waals surface area contributed by atoms with E-state index < -0.39 is 0 Å². The maximum Gasteiger partial charge on any atom is 0.159 e. The van der Waals surface area contributed by atoms with Crippen LogP contribution in [0.3, 0.4) is 0 Å². The zero-order valence-corrected chi connectivity index (χ0v) is 37.7. The summed E-state index contributed by atoms with van der Waals surface area (Å²) in [5, 5.41) is 4.66. The Hall–Kier alpha value is -9.18. The monoisotopic (exact) mass is 880 g/mol. The Balaban J connectivity index is 0.907. The Kier molecular flexibility index (Phi) is 9.84. The number of hydrogen-bond acceptors (Lipinski definition) is 2. The van der Waals surface area contributed by atoms with Gasteiger partial charge < -0.3 is 13.9 Å². The van der Waals surface area contributed by atoms with Crippen LogP contribution in [0, 0.1) is 0 Å². The molecule has 0 aliphatic carbocycles. The van der Waals surface area contributed by atoms with E-state index >= 15 is 0 Å². The van der Waals surface area contributed by atoms with E-state index in [1.54, 1.807) is 0 Å². The van der Waals surface area contributed by atoms with E-state index in [4.69, 9.17) is 4.42 Å². The van der Waals surface area contributed by atoms with Gasteiger partial charge in [0.05, 0.1) is 16.7 Å². The van der Waals surface area contributed by atoms with Crippen LogP contribution in [0.5, 0.6) is 0 Å². The normalized spacial score (nSPS) is 11.5. The molecule has 0 N–H and O–H groups in total. The molecular formula is C66H44N2O. The third kappa shape index (κ3) is 6.99. The van der Waals surface area contributed by atoms with Gasteiger partial charge in [0.2, 0.25) is 0 Å². The largest absolute Gasteiger partial charge is 0.454 e. The molecule has 0 saturated heterocycles. The molecule has 0 radical (unpaired) electrons. The summed E-state index contributed by atoms with van der Waals surface area (Å²) >= 11 is 0. The number of hydrogen-bond donors (Lipinski definition) is 0. The predicted octanol–water partition coefficient (Wildman–Crippen LogP) is 18.5. The van der Waals surface area contributed by atoms with Gasteiger partial charge in [-0.3, -0.25) is 0 Å². The molecule has 0 atom stereocenters. The number of aromatic nitrogens is 1. The van der Waals surface area contributed by atoms with E-state index in [9.17, 15) is 0 Å². The molecule has 11 aromatic carbocycles. The first-order valence-electron chi connectivity index (χ1n) is 23.6. The highest BCUT2D eigenvalue weighted by Crippen LogP contribution is 2.45. The molecule has 0 saturated carbocycles. The molecule has 0 fully saturated rings. The van der Waals surface area contributed by atoms with E-state index in [1.807, 2.05) is 6.07 Å². The summed E-state index contributed by atoms with van der Waals surface area (Å²) in [4.78, 5) is 2.33. The average molecular weight is 881 g/mol. The topological polar surface area (TPSA) is 21.3 Å². The lowest BCUT2D eigenvalue weighted by molar-refractivity contribution is 0.669. The lowest BCUT2D eigenvalue weighted by Gasteiger charge is -2.26. The van der Waals surface area contributed by atoms with E-state index in [0.29, 0.717) is 0 Å². The lowest BCUT2D eigenvalue weighted by atomic mass is 9.87. The van der Waals surface area contributed by atoms with Crippen LogP contribution in [0.15, 0.2) is 271 Å². The highest BCUT2D eigenvalue weighted by Gasteiger charge is 2.21. The smallest absolute Gasteiger partial charge is 0.159 e. The minimum absolute atomic E-state index is 0.852. The van der Waals surface area contributed by atoms with Crippen molar-refractivity contribution < 1.29 is 4.42 Å². The SMILES string of the molecule is c1ccc(-c2ccccc2-c2ccccc2-c2ccccc2-c2ccc(N(c3ccc(-c4ccc5c(c4)c4ccccc4n5-c4ccccc4)cc3)c3cccc4c3oc3ccccc34)cc2)cc1. The van der Waals surface area contributed by atoms with Crippen molar-refractivity contribution in [2.45, 2.75) is 0 Å². The summed E-state index contributed by atoms with van der Waals surface area (Å²) in [5.74, 6) is 0. The molecule has 0 aliphatic heterocycles. The van der Waals surface area contributed by atoms with Crippen LogP contribution in [0.1, 0.15) is 0 Å². The Bertz CT molecular complexity index is 4000. The molecular weight excluding hydrogens is 837 g/mol. The standard InChI is InChI=1S/C66H44N2O/c1-3-18-46(19-4-1)52-22-7-9-24-54(52)56-26-11-12-27-57(56)55-25-10-8-23-53(55)47-36-41-51(42-37-47)67(64-32-17-30-60-59-29-14-16-33-65(59)69-66(60)64)50-39-34-45(35-40-50)48-38-43-63-61(44-48)58-28-13-15-31-62(58)68(63)49-20-5-2-6-21-49/h1-44H. The highest BCUT2D eigenvalue weighted by molar-refractivity contribution is 6.12. The molecule has 13 rings (SSSR count). The van der Waals surface area contributed by atoms with Crippen LogP contribution in [0.2, 0.25) is 0 Å².